The summed E-state index contributed by atoms with van der Waals surface area (Å²) in [7, 11) is 1.94. The van der Waals surface area contributed by atoms with Crippen molar-refractivity contribution in [2.75, 3.05) is 43.3 Å². The Kier molecular flexibility index (Phi) is 9.49. The van der Waals surface area contributed by atoms with Crippen LogP contribution in [0.15, 0.2) is 22.4 Å². The van der Waals surface area contributed by atoms with Crippen molar-refractivity contribution in [1.82, 2.24) is 15.6 Å². The molecule has 0 unspecified atom stereocenters. The van der Waals surface area contributed by atoms with Gasteiger partial charge in [0.2, 0.25) is 0 Å². The van der Waals surface area contributed by atoms with Crippen LogP contribution < -0.4 is 20.7 Å². The van der Waals surface area contributed by atoms with Gasteiger partial charge in [0, 0.05) is 25.0 Å². The molecule has 0 atom stereocenters. The van der Waals surface area contributed by atoms with Gasteiger partial charge in [-0.2, -0.15) is 0 Å². The van der Waals surface area contributed by atoms with Crippen LogP contribution in [-0.2, 0) is 0 Å². The van der Waals surface area contributed by atoms with Crippen LogP contribution in [0.1, 0.15) is 18.5 Å². The molecule has 0 fully saturated rings. The lowest BCUT2D eigenvalue weighted by Gasteiger charge is -2.11. The molecule has 0 saturated heterocycles. The molecule has 0 saturated carbocycles. The third-order valence-electron chi connectivity index (χ3n) is 3.54. The number of halogens is 2. The van der Waals surface area contributed by atoms with E-state index in [4.69, 9.17) is 11.6 Å². The van der Waals surface area contributed by atoms with E-state index in [0.717, 1.165) is 49.8 Å². The normalized spacial score (nSPS) is 10.9. The van der Waals surface area contributed by atoms with Crippen LogP contribution in [0.2, 0.25) is 5.02 Å². The van der Waals surface area contributed by atoms with Gasteiger partial charge in [0.25, 0.3) is 0 Å². The van der Waals surface area contributed by atoms with E-state index in [1.54, 1.807) is 6.07 Å². The van der Waals surface area contributed by atoms with E-state index < -0.39 is 0 Å². The van der Waals surface area contributed by atoms with Crippen LogP contribution in [0, 0.1) is 12.7 Å². The molecule has 0 spiro atoms. The van der Waals surface area contributed by atoms with Gasteiger partial charge in [0.1, 0.15) is 5.82 Å². The molecule has 0 radical (unpaired) electrons. The highest BCUT2D eigenvalue weighted by molar-refractivity contribution is 8.00. The minimum absolute atomic E-state index is 0.309. The zero-order valence-corrected chi connectivity index (χ0v) is 17.4. The number of benzene rings is 1. The number of nitrogens with zero attached hydrogens (tertiary/aromatic N) is 1. The quantitative estimate of drug-likeness (QED) is 0.304. The van der Waals surface area contributed by atoms with Gasteiger partial charge in [-0.25, -0.2) is 9.37 Å². The van der Waals surface area contributed by atoms with Crippen LogP contribution in [0.3, 0.4) is 0 Å². The average Bonchev–Trinajstić information content (AvgIpc) is 3.04. The number of likely N-dealkylation sites (N-methyl/N-ethyl adjacent to an activating group) is 1. The zero-order valence-electron chi connectivity index (χ0n) is 15.0. The van der Waals surface area contributed by atoms with Crippen molar-refractivity contribution in [2.24, 2.45) is 0 Å². The van der Waals surface area contributed by atoms with Crippen LogP contribution in [0.4, 0.5) is 15.2 Å². The van der Waals surface area contributed by atoms with E-state index in [-0.39, 0.29) is 5.82 Å². The van der Waals surface area contributed by atoms with Gasteiger partial charge in [-0.3, -0.25) is 0 Å². The SMILES string of the molecule is CNCCNCCCCNc1cc(F)c(SNc2nc(C)cs2)cc1Cl. The molecule has 9 heteroatoms. The monoisotopic (exact) mass is 417 g/mol. The van der Waals surface area contributed by atoms with Crippen molar-refractivity contribution >= 4 is 45.7 Å². The highest BCUT2D eigenvalue weighted by Gasteiger charge is 2.10. The standard InChI is InChI=1S/C17H25ClFN5S2/c1-12-11-25-17(23-12)24-26-16-9-13(18)15(10-14(16)19)22-6-4-3-5-21-8-7-20-2/h9-11,20-22H,3-8H2,1-2H3,(H,23,24). The lowest BCUT2D eigenvalue weighted by Crippen LogP contribution is -2.25. The van der Waals surface area contributed by atoms with Crippen LogP contribution in [0.25, 0.3) is 0 Å². The smallest absolute Gasteiger partial charge is 0.193 e. The first kappa shape index (κ1) is 21.2. The predicted octanol–water partition coefficient (Wildman–Crippen LogP) is 4.36. The number of aryl methyl sites for hydroxylation is 1. The molecule has 1 heterocycles. The predicted molar refractivity (Wildman–Crippen MR) is 112 cm³/mol. The first-order valence-corrected chi connectivity index (χ1v) is 10.6. The molecular formula is C17H25ClFN5S2. The largest absolute Gasteiger partial charge is 0.384 e. The fraction of sp³-hybridized carbons (Fsp3) is 0.471. The lowest BCUT2D eigenvalue weighted by atomic mass is 10.2. The maximum atomic E-state index is 14.3. The molecule has 0 aliphatic heterocycles. The molecular weight excluding hydrogens is 393 g/mol. The highest BCUT2D eigenvalue weighted by Crippen LogP contribution is 2.32. The summed E-state index contributed by atoms with van der Waals surface area (Å²) < 4.78 is 17.3. The van der Waals surface area contributed by atoms with Gasteiger partial charge in [0.15, 0.2) is 5.13 Å². The Bertz CT molecular complexity index is 683. The fourth-order valence-corrected chi connectivity index (χ4v) is 3.90. The van der Waals surface area contributed by atoms with Crippen molar-refractivity contribution in [2.45, 2.75) is 24.7 Å². The fourth-order valence-electron chi connectivity index (χ4n) is 2.18. The topological polar surface area (TPSA) is 61.0 Å². The first-order chi connectivity index (χ1) is 12.6. The molecule has 2 rings (SSSR count). The highest BCUT2D eigenvalue weighted by atomic mass is 35.5. The molecule has 4 N–H and O–H groups in total. The number of hydrogen-bond acceptors (Lipinski definition) is 7. The molecule has 0 aliphatic rings. The second-order valence-corrected chi connectivity index (χ2v) is 7.86. The first-order valence-electron chi connectivity index (χ1n) is 8.53. The summed E-state index contributed by atoms with van der Waals surface area (Å²) in [4.78, 5) is 4.73. The molecule has 0 amide bonds. The number of nitrogens with one attached hydrogen (secondary N) is 4. The van der Waals surface area contributed by atoms with Gasteiger partial charge < -0.3 is 20.7 Å². The summed E-state index contributed by atoms with van der Waals surface area (Å²) in [5.74, 6) is -0.309. The summed E-state index contributed by atoms with van der Waals surface area (Å²) in [5.41, 5.74) is 1.56. The Labute approximate surface area is 167 Å². The summed E-state index contributed by atoms with van der Waals surface area (Å²) in [6.45, 7) is 5.59. The zero-order chi connectivity index (χ0) is 18.8. The van der Waals surface area contributed by atoms with Gasteiger partial charge >= 0.3 is 0 Å². The number of anilines is 2. The van der Waals surface area contributed by atoms with E-state index in [0.29, 0.717) is 15.6 Å². The molecule has 26 heavy (non-hydrogen) atoms. The Morgan fingerprint density at radius 1 is 1.19 bits per heavy atom. The molecule has 0 aliphatic carbocycles. The number of thiazole rings is 1. The summed E-state index contributed by atoms with van der Waals surface area (Å²) in [6.07, 6.45) is 2.05. The summed E-state index contributed by atoms with van der Waals surface area (Å²) >= 11 is 8.94. The van der Waals surface area contributed by atoms with Crippen LogP contribution in [-0.4, -0.2) is 38.2 Å². The van der Waals surface area contributed by atoms with Crippen molar-refractivity contribution in [3.8, 4) is 0 Å². The van der Waals surface area contributed by atoms with Crippen molar-refractivity contribution < 1.29 is 4.39 Å². The Morgan fingerprint density at radius 3 is 2.73 bits per heavy atom. The van der Waals surface area contributed by atoms with E-state index in [1.807, 2.05) is 19.4 Å². The van der Waals surface area contributed by atoms with Crippen LogP contribution >= 0.6 is 34.9 Å². The minimum atomic E-state index is -0.309. The second-order valence-electron chi connectivity index (χ2n) is 5.75. The molecule has 144 valence electrons. The average molecular weight is 418 g/mol. The third-order valence-corrected chi connectivity index (χ3v) is 5.68. The Hall–Kier alpha value is -1.06. The van der Waals surface area contributed by atoms with E-state index in [9.17, 15) is 4.39 Å². The number of rotatable bonds is 12. The number of hydrogen-bond donors (Lipinski definition) is 4. The van der Waals surface area contributed by atoms with Gasteiger partial charge in [-0.05, 0) is 57.4 Å². The number of unbranched alkanes of at least 4 members (excludes halogenated alkanes) is 1. The third kappa shape index (κ3) is 7.28. The van der Waals surface area contributed by atoms with E-state index in [1.165, 1.54) is 29.4 Å². The summed E-state index contributed by atoms with van der Waals surface area (Å²) in [6, 6.07) is 3.08. The Balaban J connectivity index is 1.75. The van der Waals surface area contributed by atoms with Gasteiger partial charge in [-0.15, -0.1) is 11.3 Å². The minimum Gasteiger partial charge on any atom is -0.384 e. The lowest BCUT2D eigenvalue weighted by molar-refractivity contribution is 0.601. The van der Waals surface area contributed by atoms with E-state index in [2.05, 4.69) is 25.7 Å². The molecule has 5 nitrogen and oxygen atoms in total. The molecule has 2 aromatic rings. The van der Waals surface area contributed by atoms with E-state index >= 15 is 0 Å². The Morgan fingerprint density at radius 2 is 2.00 bits per heavy atom. The maximum Gasteiger partial charge on any atom is 0.193 e. The molecule has 1 aromatic carbocycles. The van der Waals surface area contributed by atoms with Crippen molar-refractivity contribution in [1.29, 1.82) is 0 Å². The maximum absolute atomic E-state index is 14.3. The van der Waals surface area contributed by atoms with Gasteiger partial charge in [0.05, 0.1) is 21.3 Å². The van der Waals surface area contributed by atoms with Crippen LogP contribution in [0.5, 0.6) is 0 Å². The summed E-state index contributed by atoms with van der Waals surface area (Å²) in [5, 5.41) is 12.8. The van der Waals surface area contributed by atoms with Crippen molar-refractivity contribution in [3.63, 3.8) is 0 Å². The van der Waals surface area contributed by atoms with Crippen molar-refractivity contribution in [3.05, 3.63) is 34.0 Å². The van der Waals surface area contributed by atoms with Gasteiger partial charge in [-0.1, -0.05) is 11.6 Å². The molecule has 0 bridgehead atoms. The molecule has 1 aromatic heterocycles. The second kappa shape index (κ2) is 11.6. The number of aromatic nitrogens is 1.